The van der Waals surface area contributed by atoms with Gasteiger partial charge in [0.2, 0.25) is 0 Å². The smallest absolute Gasteiger partial charge is 0.396 e. The van der Waals surface area contributed by atoms with Crippen LogP contribution in [-0.4, -0.2) is 11.7 Å². The van der Waals surface area contributed by atoms with Crippen molar-refractivity contribution in [3.8, 4) is 0 Å². The van der Waals surface area contributed by atoms with E-state index in [0.29, 0.717) is 6.07 Å². The molecule has 0 radical (unpaired) electrons. The Labute approximate surface area is 113 Å². The first kappa shape index (κ1) is 16.2. The number of rotatable bonds is 3. The number of aliphatic hydroxyl groups excluding tert-OH is 1. The Balaban J connectivity index is 3.52. The zero-order chi connectivity index (χ0) is 15.0. The summed E-state index contributed by atoms with van der Waals surface area (Å²) in [5, 5.41) is 8.73. The molecule has 0 aromatic heterocycles. The molecule has 1 rings (SSSR count). The van der Waals surface area contributed by atoms with E-state index in [1.165, 1.54) is 13.8 Å². The number of benzene rings is 1. The maximum Gasteiger partial charge on any atom is 0.416 e. The van der Waals surface area contributed by atoms with E-state index in [2.05, 4.69) is 0 Å². The second-order valence-corrected chi connectivity index (χ2v) is 5.35. The Morgan fingerprint density at radius 1 is 1.32 bits per heavy atom. The lowest BCUT2D eigenvalue weighted by Crippen LogP contribution is -2.34. The molecule has 108 valence electrons. The van der Waals surface area contributed by atoms with Gasteiger partial charge < -0.3 is 10.8 Å². The quantitative estimate of drug-likeness (QED) is 0.839. The van der Waals surface area contributed by atoms with Crippen LogP contribution in [0.25, 0.3) is 0 Å². The molecule has 0 amide bonds. The first-order valence-corrected chi connectivity index (χ1v) is 5.81. The van der Waals surface area contributed by atoms with Gasteiger partial charge >= 0.3 is 6.18 Å². The van der Waals surface area contributed by atoms with Crippen molar-refractivity contribution in [3.05, 3.63) is 34.1 Å². The van der Waals surface area contributed by atoms with Crippen LogP contribution < -0.4 is 5.73 Å². The molecular formula is C12H14ClF4NO. The van der Waals surface area contributed by atoms with Gasteiger partial charge in [-0.2, -0.15) is 13.2 Å². The van der Waals surface area contributed by atoms with E-state index in [1.54, 1.807) is 0 Å². The number of hydrogen-bond acceptors (Lipinski definition) is 2. The second-order valence-electron chi connectivity index (χ2n) is 4.94. The lowest BCUT2D eigenvalue weighted by molar-refractivity contribution is -0.139. The van der Waals surface area contributed by atoms with Crippen LogP contribution in [0, 0.1) is 11.2 Å². The fraction of sp³-hybridized carbons (Fsp3) is 0.500. The molecular weight excluding hydrogens is 286 g/mol. The number of halogens is 5. The van der Waals surface area contributed by atoms with Crippen LogP contribution in [-0.2, 0) is 6.18 Å². The Bertz CT molecular complexity index is 474. The van der Waals surface area contributed by atoms with Crippen molar-refractivity contribution in [2.45, 2.75) is 26.1 Å². The normalized spacial score (nSPS) is 14.6. The van der Waals surface area contributed by atoms with Gasteiger partial charge in [0.05, 0.1) is 10.6 Å². The molecule has 3 N–H and O–H groups in total. The molecule has 1 aromatic rings. The van der Waals surface area contributed by atoms with Crippen molar-refractivity contribution in [1.29, 1.82) is 0 Å². The van der Waals surface area contributed by atoms with Crippen LogP contribution in [0.3, 0.4) is 0 Å². The maximum absolute atomic E-state index is 13.9. The van der Waals surface area contributed by atoms with Gasteiger partial charge in [-0.1, -0.05) is 25.4 Å². The van der Waals surface area contributed by atoms with Crippen molar-refractivity contribution in [3.63, 3.8) is 0 Å². The first-order valence-electron chi connectivity index (χ1n) is 5.44. The molecule has 0 spiro atoms. The predicted molar refractivity (Wildman–Crippen MR) is 64.2 cm³/mol. The molecule has 1 atom stereocenters. The highest BCUT2D eigenvalue weighted by Crippen LogP contribution is 2.42. The summed E-state index contributed by atoms with van der Waals surface area (Å²) < 4.78 is 52.6. The fourth-order valence-electron chi connectivity index (χ4n) is 1.61. The molecule has 0 saturated carbocycles. The molecule has 0 unspecified atom stereocenters. The summed E-state index contributed by atoms with van der Waals surface area (Å²) >= 11 is 5.51. The van der Waals surface area contributed by atoms with Gasteiger partial charge in [-0.05, 0) is 12.1 Å². The van der Waals surface area contributed by atoms with E-state index >= 15 is 0 Å². The minimum Gasteiger partial charge on any atom is -0.396 e. The molecule has 7 heteroatoms. The second kappa shape index (κ2) is 5.26. The summed E-state index contributed by atoms with van der Waals surface area (Å²) in [5.74, 6) is -1.20. The molecule has 0 fully saturated rings. The lowest BCUT2D eigenvalue weighted by Gasteiger charge is -2.31. The van der Waals surface area contributed by atoms with Crippen LogP contribution in [0.1, 0.15) is 31.0 Å². The Hall–Kier alpha value is -0.850. The van der Waals surface area contributed by atoms with Crippen molar-refractivity contribution in [2.75, 3.05) is 6.61 Å². The van der Waals surface area contributed by atoms with Gasteiger partial charge in [0.25, 0.3) is 0 Å². The Kier molecular flexibility index (Phi) is 4.49. The third-order valence-electron chi connectivity index (χ3n) is 3.00. The standard InChI is InChI=1S/C12H14ClF4NO/c1-11(2,5-19)10(18)8-6(12(15,16)17)3-4-7(13)9(8)14/h3-4,10,19H,5,18H2,1-2H3/t10-/m1/s1. The van der Waals surface area contributed by atoms with Crippen molar-refractivity contribution < 1.29 is 22.7 Å². The van der Waals surface area contributed by atoms with Crippen LogP contribution in [0.15, 0.2) is 12.1 Å². The Morgan fingerprint density at radius 2 is 1.84 bits per heavy atom. The molecule has 1 aromatic carbocycles. The number of alkyl halides is 3. The lowest BCUT2D eigenvalue weighted by atomic mass is 9.80. The molecule has 0 saturated heterocycles. The number of aliphatic hydroxyl groups is 1. The molecule has 0 aliphatic carbocycles. The molecule has 0 aliphatic rings. The zero-order valence-electron chi connectivity index (χ0n) is 10.4. The minimum atomic E-state index is -4.75. The van der Waals surface area contributed by atoms with Crippen LogP contribution in [0.2, 0.25) is 5.02 Å². The number of nitrogens with two attached hydrogens (primary N) is 1. The average molecular weight is 300 g/mol. The zero-order valence-corrected chi connectivity index (χ0v) is 11.1. The van der Waals surface area contributed by atoms with Crippen LogP contribution >= 0.6 is 11.6 Å². The number of hydrogen-bond donors (Lipinski definition) is 2. The van der Waals surface area contributed by atoms with E-state index in [4.69, 9.17) is 22.4 Å². The summed E-state index contributed by atoms with van der Waals surface area (Å²) in [7, 11) is 0. The SMILES string of the molecule is CC(C)(CO)[C@H](N)c1c(C(F)(F)F)ccc(Cl)c1F. The first-order chi connectivity index (χ1) is 8.52. The van der Waals surface area contributed by atoms with Crippen molar-refractivity contribution in [1.82, 2.24) is 0 Å². The summed E-state index contributed by atoms with van der Waals surface area (Å²) in [6.07, 6.45) is -4.75. The molecule has 0 heterocycles. The molecule has 19 heavy (non-hydrogen) atoms. The summed E-state index contributed by atoms with van der Waals surface area (Å²) in [4.78, 5) is 0. The van der Waals surface area contributed by atoms with Crippen LogP contribution in [0.4, 0.5) is 17.6 Å². The molecule has 0 bridgehead atoms. The van der Waals surface area contributed by atoms with E-state index < -0.39 is 46.2 Å². The third kappa shape index (κ3) is 3.19. The Morgan fingerprint density at radius 3 is 2.26 bits per heavy atom. The topological polar surface area (TPSA) is 46.2 Å². The van der Waals surface area contributed by atoms with Gasteiger partial charge in [-0.3, -0.25) is 0 Å². The van der Waals surface area contributed by atoms with Gasteiger partial charge in [-0.25, -0.2) is 4.39 Å². The average Bonchev–Trinajstić information content (AvgIpc) is 2.30. The molecule has 0 aliphatic heterocycles. The summed E-state index contributed by atoms with van der Waals surface area (Å²) in [6, 6.07) is 0.184. The van der Waals surface area contributed by atoms with Gasteiger partial charge in [0.15, 0.2) is 0 Å². The maximum atomic E-state index is 13.9. The summed E-state index contributed by atoms with van der Waals surface area (Å²) in [5.41, 5.74) is 2.67. The van der Waals surface area contributed by atoms with E-state index in [0.717, 1.165) is 6.07 Å². The third-order valence-corrected chi connectivity index (χ3v) is 3.29. The van der Waals surface area contributed by atoms with E-state index in [9.17, 15) is 17.6 Å². The predicted octanol–water partition coefficient (Wildman–Crippen LogP) is 3.52. The highest BCUT2D eigenvalue weighted by Gasteiger charge is 2.40. The van der Waals surface area contributed by atoms with Gasteiger partial charge in [0, 0.05) is 23.6 Å². The van der Waals surface area contributed by atoms with Gasteiger partial charge in [-0.15, -0.1) is 0 Å². The monoisotopic (exact) mass is 299 g/mol. The summed E-state index contributed by atoms with van der Waals surface area (Å²) in [6.45, 7) is 2.40. The highest BCUT2D eigenvalue weighted by atomic mass is 35.5. The van der Waals surface area contributed by atoms with Crippen LogP contribution in [0.5, 0.6) is 0 Å². The van der Waals surface area contributed by atoms with E-state index in [-0.39, 0.29) is 0 Å². The molecule has 2 nitrogen and oxygen atoms in total. The minimum absolute atomic E-state index is 0.438. The highest BCUT2D eigenvalue weighted by molar-refractivity contribution is 6.30. The van der Waals surface area contributed by atoms with Gasteiger partial charge in [0.1, 0.15) is 5.82 Å². The van der Waals surface area contributed by atoms with E-state index in [1.807, 2.05) is 0 Å². The van der Waals surface area contributed by atoms with Crippen molar-refractivity contribution in [2.24, 2.45) is 11.1 Å². The fourth-order valence-corrected chi connectivity index (χ4v) is 1.77. The van der Waals surface area contributed by atoms with Crippen molar-refractivity contribution >= 4 is 11.6 Å². The largest absolute Gasteiger partial charge is 0.416 e.